The number of aryl methyl sites for hydroxylation is 2. The van der Waals surface area contributed by atoms with Gasteiger partial charge in [-0.25, -0.2) is 29.9 Å². The predicted molar refractivity (Wildman–Crippen MR) is 123 cm³/mol. The first-order valence-electron chi connectivity index (χ1n) is 9.57. The molecule has 0 aromatic carbocycles. The second-order valence-corrected chi connectivity index (χ2v) is 9.10. The van der Waals surface area contributed by atoms with Crippen molar-refractivity contribution in [2.75, 3.05) is 0 Å². The topological polar surface area (TPSA) is 77.3 Å². The van der Waals surface area contributed by atoms with Crippen molar-refractivity contribution in [1.29, 1.82) is 0 Å². The Hall–Kier alpha value is -2.38. The summed E-state index contributed by atoms with van der Waals surface area (Å²) in [6, 6.07) is 1.79. The van der Waals surface area contributed by atoms with Crippen LogP contribution < -0.4 is 0 Å². The van der Waals surface area contributed by atoms with Crippen LogP contribution >= 0.6 is 23.4 Å². The van der Waals surface area contributed by atoms with Crippen molar-refractivity contribution in [3.63, 3.8) is 0 Å². The minimum atomic E-state index is -0.669. The van der Waals surface area contributed by atoms with E-state index in [0.29, 0.717) is 11.0 Å². The lowest BCUT2D eigenvalue weighted by atomic mass is 10.1. The molecule has 3 aromatic heterocycles. The molecule has 30 heavy (non-hydrogen) atoms. The average molecular weight is 443 g/mol. The average Bonchev–Trinajstić information content (AvgIpc) is 2.75. The summed E-state index contributed by atoms with van der Waals surface area (Å²) in [6.07, 6.45) is 12.7. The van der Waals surface area contributed by atoms with Gasteiger partial charge in [0.25, 0.3) is 0 Å². The molecule has 8 heteroatoms. The van der Waals surface area contributed by atoms with E-state index >= 15 is 0 Å². The largest absolute Gasteiger partial charge is 0.239 e. The molecule has 0 fully saturated rings. The van der Waals surface area contributed by atoms with Gasteiger partial charge in [0.2, 0.25) is 0 Å². The lowest BCUT2D eigenvalue weighted by Crippen LogP contribution is -2.28. The van der Waals surface area contributed by atoms with E-state index < -0.39 is 4.87 Å². The van der Waals surface area contributed by atoms with Crippen LogP contribution in [0.2, 0.25) is 0 Å². The van der Waals surface area contributed by atoms with E-state index in [1.165, 1.54) is 11.8 Å². The molecule has 158 valence electrons. The van der Waals surface area contributed by atoms with Gasteiger partial charge >= 0.3 is 0 Å². The Balaban J connectivity index is 0.000000248. The molecule has 0 saturated carbocycles. The van der Waals surface area contributed by atoms with Gasteiger partial charge in [0.1, 0.15) is 10.7 Å². The molecule has 0 saturated heterocycles. The Labute approximate surface area is 187 Å². The van der Waals surface area contributed by atoms with Crippen LogP contribution in [0, 0.1) is 13.8 Å². The van der Waals surface area contributed by atoms with Crippen molar-refractivity contribution in [2.24, 2.45) is 0 Å². The zero-order valence-electron chi connectivity index (χ0n) is 18.2. The molecule has 0 spiro atoms. The van der Waals surface area contributed by atoms with Crippen LogP contribution in [0.15, 0.2) is 54.5 Å². The number of nitrogens with zero attached hydrogens (tertiary/aromatic N) is 6. The Morgan fingerprint density at radius 3 is 1.97 bits per heavy atom. The third kappa shape index (κ3) is 6.85. The van der Waals surface area contributed by atoms with Gasteiger partial charge in [0.05, 0.1) is 0 Å². The van der Waals surface area contributed by atoms with Gasteiger partial charge in [0, 0.05) is 42.4 Å². The smallest absolute Gasteiger partial charge is 0.187 e. The molecule has 0 aliphatic heterocycles. The summed E-state index contributed by atoms with van der Waals surface area (Å²) in [5, 5.41) is 0.744. The van der Waals surface area contributed by atoms with Crippen LogP contribution in [0.1, 0.15) is 50.5 Å². The zero-order valence-corrected chi connectivity index (χ0v) is 19.7. The fraction of sp³-hybridized carbons (Fsp3) is 0.364. The molecule has 0 radical (unpaired) electrons. The van der Waals surface area contributed by atoms with E-state index in [2.05, 4.69) is 29.9 Å². The van der Waals surface area contributed by atoms with E-state index in [1.807, 2.05) is 60.0 Å². The van der Waals surface area contributed by atoms with Gasteiger partial charge in [-0.2, -0.15) is 0 Å². The van der Waals surface area contributed by atoms with Gasteiger partial charge in [0.15, 0.2) is 11.0 Å². The number of halogens is 1. The lowest BCUT2D eigenvalue weighted by molar-refractivity contribution is 0.615. The fourth-order valence-electron chi connectivity index (χ4n) is 2.17. The standard InChI is InChI=1S/C13H15ClN4S.C9H12N2/c1-9-7-17-11(18-8-9)13(3,14)10(2)19-12-15-5-4-6-16-12;1-4-8(3)9-10-5-7(2)6-11-9/h4-8,10H,1-3H3;4-6H,1-3H3/b;8-4+. The highest BCUT2D eigenvalue weighted by Gasteiger charge is 2.35. The summed E-state index contributed by atoms with van der Waals surface area (Å²) in [6.45, 7) is 11.9. The fourth-order valence-corrected chi connectivity index (χ4v) is 3.28. The summed E-state index contributed by atoms with van der Waals surface area (Å²) in [5.41, 5.74) is 3.23. The quantitative estimate of drug-likeness (QED) is 0.296. The molecule has 3 rings (SSSR count). The number of allylic oxidation sites excluding steroid dienone is 2. The van der Waals surface area contributed by atoms with Crippen molar-refractivity contribution in [2.45, 2.75) is 56.8 Å². The summed E-state index contributed by atoms with van der Waals surface area (Å²) < 4.78 is 0. The van der Waals surface area contributed by atoms with Gasteiger partial charge in [-0.3, -0.25) is 0 Å². The van der Waals surface area contributed by atoms with Crippen molar-refractivity contribution in [1.82, 2.24) is 29.9 Å². The molecule has 0 N–H and O–H groups in total. The molecule has 2 unspecified atom stereocenters. The number of rotatable bonds is 5. The first kappa shape index (κ1) is 23.9. The van der Waals surface area contributed by atoms with Crippen molar-refractivity contribution in [3.8, 4) is 0 Å². The maximum absolute atomic E-state index is 6.61. The van der Waals surface area contributed by atoms with Crippen LogP contribution in [-0.4, -0.2) is 35.2 Å². The Bertz CT molecular complexity index is 944. The normalized spacial score (nSPS) is 14.3. The van der Waals surface area contributed by atoms with Crippen LogP contribution in [0.3, 0.4) is 0 Å². The van der Waals surface area contributed by atoms with Crippen molar-refractivity contribution >= 4 is 28.9 Å². The van der Waals surface area contributed by atoms with Gasteiger partial charge in [-0.05, 0) is 57.4 Å². The summed E-state index contributed by atoms with van der Waals surface area (Å²) in [5.74, 6) is 1.44. The van der Waals surface area contributed by atoms with Crippen LogP contribution in [0.4, 0.5) is 0 Å². The van der Waals surface area contributed by atoms with Gasteiger partial charge < -0.3 is 0 Å². The Morgan fingerprint density at radius 1 is 0.967 bits per heavy atom. The zero-order chi connectivity index (χ0) is 22.1. The third-order valence-corrected chi connectivity index (χ3v) is 6.24. The molecular formula is C22H27ClN6S. The third-order valence-electron chi connectivity index (χ3n) is 4.37. The summed E-state index contributed by atoms with van der Waals surface area (Å²) >= 11 is 8.13. The van der Waals surface area contributed by atoms with Gasteiger partial charge in [-0.15, -0.1) is 11.6 Å². The second kappa shape index (κ2) is 11.1. The molecule has 0 bridgehead atoms. The van der Waals surface area contributed by atoms with E-state index in [0.717, 1.165) is 22.5 Å². The van der Waals surface area contributed by atoms with E-state index in [9.17, 15) is 0 Å². The highest BCUT2D eigenvalue weighted by Crippen LogP contribution is 2.38. The van der Waals surface area contributed by atoms with Crippen LogP contribution in [0.25, 0.3) is 5.57 Å². The molecule has 0 aliphatic rings. The first-order valence-corrected chi connectivity index (χ1v) is 10.8. The summed E-state index contributed by atoms with van der Waals surface area (Å²) in [7, 11) is 0. The second-order valence-electron chi connectivity index (χ2n) is 7.01. The molecule has 2 atom stereocenters. The number of hydrogen-bond donors (Lipinski definition) is 0. The van der Waals surface area contributed by atoms with E-state index in [4.69, 9.17) is 11.6 Å². The van der Waals surface area contributed by atoms with Crippen LogP contribution in [-0.2, 0) is 4.87 Å². The number of hydrogen-bond acceptors (Lipinski definition) is 7. The minimum absolute atomic E-state index is 0.0410. The molecule has 6 nitrogen and oxygen atoms in total. The number of thioether (sulfide) groups is 1. The Morgan fingerprint density at radius 2 is 1.47 bits per heavy atom. The number of aromatic nitrogens is 6. The molecule has 0 aliphatic carbocycles. The maximum atomic E-state index is 6.61. The van der Waals surface area contributed by atoms with Gasteiger partial charge in [-0.1, -0.05) is 24.8 Å². The van der Waals surface area contributed by atoms with Crippen molar-refractivity contribution in [3.05, 3.63) is 72.1 Å². The maximum Gasteiger partial charge on any atom is 0.187 e. The Kier molecular flexibility index (Phi) is 8.87. The van der Waals surface area contributed by atoms with E-state index in [-0.39, 0.29) is 5.25 Å². The van der Waals surface area contributed by atoms with E-state index in [1.54, 1.807) is 30.9 Å². The first-order chi connectivity index (χ1) is 14.2. The predicted octanol–water partition coefficient (Wildman–Crippen LogP) is 5.42. The lowest BCUT2D eigenvalue weighted by Gasteiger charge is -2.26. The van der Waals surface area contributed by atoms with Crippen LogP contribution in [0.5, 0.6) is 0 Å². The molecule has 3 aromatic rings. The highest BCUT2D eigenvalue weighted by atomic mass is 35.5. The molecule has 3 heterocycles. The SMILES string of the molecule is C/C=C(\C)c1ncc(C)cn1.Cc1cnc(C(C)(Cl)C(C)Sc2ncccn2)nc1. The minimum Gasteiger partial charge on any atom is -0.239 e. The monoisotopic (exact) mass is 442 g/mol. The summed E-state index contributed by atoms with van der Waals surface area (Å²) in [4.78, 5) is 24.7. The number of alkyl halides is 1. The molecule has 0 amide bonds. The molecular weight excluding hydrogens is 416 g/mol. The van der Waals surface area contributed by atoms with Crippen molar-refractivity contribution < 1.29 is 0 Å². The highest BCUT2D eigenvalue weighted by molar-refractivity contribution is 7.99.